The summed E-state index contributed by atoms with van der Waals surface area (Å²) in [5.41, 5.74) is 0.725. The number of alkyl halides is 3. The maximum absolute atomic E-state index is 12.3. The number of nitrogens with one attached hydrogen (secondary N) is 1. The quantitative estimate of drug-likeness (QED) is 0.864. The zero-order valence-corrected chi connectivity index (χ0v) is 13.1. The van der Waals surface area contributed by atoms with Gasteiger partial charge in [0.25, 0.3) is 5.56 Å². The third-order valence-corrected chi connectivity index (χ3v) is 4.12. The predicted molar refractivity (Wildman–Crippen MR) is 78.8 cm³/mol. The zero-order chi connectivity index (χ0) is 15.5. The molecule has 0 saturated heterocycles. The van der Waals surface area contributed by atoms with E-state index in [2.05, 4.69) is 26.3 Å². The van der Waals surface area contributed by atoms with E-state index >= 15 is 0 Å². The first-order chi connectivity index (χ1) is 9.87. The van der Waals surface area contributed by atoms with Gasteiger partial charge < -0.3 is 5.32 Å². The molecule has 0 unspecified atom stereocenters. The molecule has 0 aliphatic carbocycles. The number of halogens is 4. The van der Waals surface area contributed by atoms with Crippen LogP contribution in [0.4, 0.5) is 18.9 Å². The van der Waals surface area contributed by atoms with E-state index in [1.165, 1.54) is 6.20 Å². The Morgan fingerprint density at radius 1 is 1.43 bits per heavy atom. The van der Waals surface area contributed by atoms with Crippen LogP contribution in [0, 0.1) is 0 Å². The van der Waals surface area contributed by atoms with Crippen LogP contribution in [0.5, 0.6) is 0 Å². The molecule has 2 rings (SSSR count). The molecular formula is C12H11BrF3N3OS. The lowest BCUT2D eigenvalue weighted by molar-refractivity contribution is -0.143. The maximum Gasteiger partial charge on any atom is 0.408 e. The van der Waals surface area contributed by atoms with Crippen LogP contribution in [0.15, 0.2) is 32.3 Å². The van der Waals surface area contributed by atoms with E-state index in [1.54, 1.807) is 11.3 Å². The van der Waals surface area contributed by atoms with E-state index in [9.17, 15) is 18.0 Å². The molecule has 0 amide bonds. The summed E-state index contributed by atoms with van der Waals surface area (Å²) in [6.45, 7) is -0.848. The van der Waals surface area contributed by atoms with Crippen molar-refractivity contribution in [3.63, 3.8) is 0 Å². The Kier molecular flexibility index (Phi) is 5.04. The van der Waals surface area contributed by atoms with Gasteiger partial charge in [0, 0.05) is 6.54 Å². The normalized spacial score (nSPS) is 11.6. The van der Waals surface area contributed by atoms with Gasteiger partial charge in [-0.15, -0.1) is 0 Å². The predicted octanol–water partition coefficient (Wildman–Crippen LogP) is 3.28. The van der Waals surface area contributed by atoms with Gasteiger partial charge in [-0.1, -0.05) is 0 Å². The lowest BCUT2D eigenvalue weighted by atomic mass is 10.2. The first-order valence-corrected chi connectivity index (χ1v) is 7.68. The highest BCUT2D eigenvalue weighted by Crippen LogP contribution is 2.19. The molecule has 9 heteroatoms. The fourth-order valence-corrected chi connectivity index (χ4v) is 2.80. The van der Waals surface area contributed by atoms with Gasteiger partial charge in [0.2, 0.25) is 0 Å². The summed E-state index contributed by atoms with van der Waals surface area (Å²) in [6.07, 6.45) is -2.52. The second-order valence-corrected chi connectivity index (χ2v) is 5.83. The summed E-state index contributed by atoms with van der Waals surface area (Å²) in [4.78, 5) is 11.8. The van der Waals surface area contributed by atoms with Gasteiger partial charge >= 0.3 is 6.18 Å². The zero-order valence-electron chi connectivity index (χ0n) is 10.7. The summed E-state index contributed by atoms with van der Waals surface area (Å²) < 4.78 is 37.3. The molecule has 114 valence electrons. The number of aromatic nitrogens is 2. The fraction of sp³-hybridized carbons (Fsp3) is 0.333. The number of nitrogens with zero attached hydrogens (tertiary/aromatic N) is 2. The molecule has 4 nitrogen and oxygen atoms in total. The second-order valence-electron chi connectivity index (χ2n) is 4.26. The highest BCUT2D eigenvalue weighted by molar-refractivity contribution is 9.10. The van der Waals surface area contributed by atoms with Crippen molar-refractivity contribution in [3.05, 3.63) is 43.4 Å². The largest absolute Gasteiger partial charge is 0.408 e. The van der Waals surface area contributed by atoms with Crippen LogP contribution < -0.4 is 10.9 Å². The van der Waals surface area contributed by atoms with Gasteiger partial charge in [0.1, 0.15) is 11.0 Å². The Morgan fingerprint density at radius 2 is 2.19 bits per heavy atom. The van der Waals surface area contributed by atoms with E-state index in [1.807, 2.05) is 16.8 Å². The minimum absolute atomic E-state index is 0.0482. The lowest BCUT2D eigenvalue weighted by Crippen LogP contribution is -2.31. The van der Waals surface area contributed by atoms with E-state index in [0.29, 0.717) is 16.9 Å². The number of hydrogen-bond acceptors (Lipinski definition) is 4. The third kappa shape index (κ3) is 4.57. The minimum Gasteiger partial charge on any atom is -0.382 e. The molecule has 0 bridgehead atoms. The van der Waals surface area contributed by atoms with Gasteiger partial charge in [-0.25, -0.2) is 4.68 Å². The van der Waals surface area contributed by atoms with Gasteiger partial charge in [-0.2, -0.15) is 29.6 Å². The van der Waals surface area contributed by atoms with E-state index in [4.69, 9.17) is 0 Å². The molecule has 0 saturated carbocycles. The van der Waals surface area contributed by atoms with Crippen LogP contribution in [0.25, 0.3) is 0 Å². The second kappa shape index (κ2) is 6.61. The van der Waals surface area contributed by atoms with Crippen molar-refractivity contribution >= 4 is 33.0 Å². The molecule has 2 heterocycles. The van der Waals surface area contributed by atoms with E-state index in [-0.39, 0.29) is 4.47 Å². The molecular weight excluding hydrogens is 371 g/mol. The molecule has 2 aromatic heterocycles. The van der Waals surface area contributed by atoms with Crippen LogP contribution in [0.1, 0.15) is 5.56 Å². The molecule has 0 aliphatic heterocycles. The molecule has 1 N–H and O–H groups in total. The SMILES string of the molecule is O=c1c(Br)c(NCCc2ccsc2)cnn1CC(F)(F)F. The molecule has 0 aliphatic rings. The average Bonchev–Trinajstić information content (AvgIpc) is 2.89. The topological polar surface area (TPSA) is 46.9 Å². The molecule has 21 heavy (non-hydrogen) atoms. The third-order valence-electron chi connectivity index (χ3n) is 2.62. The van der Waals surface area contributed by atoms with Crippen molar-refractivity contribution in [1.82, 2.24) is 9.78 Å². The summed E-state index contributed by atoms with van der Waals surface area (Å²) >= 11 is 4.61. The van der Waals surface area contributed by atoms with Crippen molar-refractivity contribution in [2.24, 2.45) is 0 Å². The first-order valence-electron chi connectivity index (χ1n) is 5.94. The van der Waals surface area contributed by atoms with Crippen LogP contribution in [-0.2, 0) is 13.0 Å². The Hall–Kier alpha value is -1.35. The molecule has 0 aromatic carbocycles. The minimum atomic E-state index is -4.48. The Labute approximate surface area is 130 Å². The van der Waals surface area contributed by atoms with Crippen LogP contribution in [0.2, 0.25) is 0 Å². The van der Waals surface area contributed by atoms with Crippen molar-refractivity contribution in [2.45, 2.75) is 19.1 Å². The van der Waals surface area contributed by atoms with Crippen LogP contribution in [0.3, 0.4) is 0 Å². The lowest BCUT2D eigenvalue weighted by Gasteiger charge is -2.11. The highest BCUT2D eigenvalue weighted by Gasteiger charge is 2.29. The summed E-state index contributed by atoms with van der Waals surface area (Å²) in [6, 6.07) is 1.99. The average molecular weight is 382 g/mol. The summed E-state index contributed by atoms with van der Waals surface area (Å²) in [7, 11) is 0. The summed E-state index contributed by atoms with van der Waals surface area (Å²) in [5, 5.41) is 10.5. The molecule has 0 fully saturated rings. The standard InChI is InChI=1S/C12H11BrF3N3OS/c13-10-9(17-3-1-8-2-4-21-6-8)5-18-19(11(10)20)7-12(14,15)16/h2,4-6,17H,1,3,7H2. The number of rotatable bonds is 5. The van der Waals surface area contributed by atoms with Crippen LogP contribution in [-0.4, -0.2) is 22.5 Å². The number of anilines is 1. The molecule has 0 spiro atoms. The van der Waals surface area contributed by atoms with Crippen LogP contribution >= 0.6 is 27.3 Å². The smallest absolute Gasteiger partial charge is 0.382 e. The Bertz CT molecular complexity index is 655. The van der Waals surface area contributed by atoms with E-state index < -0.39 is 18.3 Å². The Balaban J connectivity index is 2.04. The highest BCUT2D eigenvalue weighted by atomic mass is 79.9. The molecule has 2 aromatic rings. The number of thiophene rings is 1. The first kappa shape index (κ1) is 16.0. The number of hydrogen-bond donors (Lipinski definition) is 1. The van der Waals surface area contributed by atoms with Crippen molar-refractivity contribution in [1.29, 1.82) is 0 Å². The Morgan fingerprint density at radius 3 is 2.81 bits per heavy atom. The van der Waals surface area contributed by atoms with Gasteiger partial charge in [-0.05, 0) is 44.7 Å². The van der Waals surface area contributed by atoms with Gasteiger partial charge in [0.05, 0.1) is 11.9 Å². The monoisotopic (exact) mass is 381 g/mol. The van der Waals surface area contributed by atoms with Gasteiger partial charge in [-0.3, -0.25) is 4.79 Å². The van der Waals surface area contributed by atoms with Gasteiger partial charge in [0.15, 0.2) is 0 Å². The molecule has 0 radical (unpaired) electrons. The molecule has 0 atom stereocenters. The summed E-state index contributed by atoms with van der Waals surface area (Å²) in [5.74, 6) is 0. The van der Waals surface area contributed by atoms with Crippen molar-refractivity contribution < 1.29 is 13.2 Å². The fourth-order valence-electron chi connectivity index (χ4n) is 1.65. The van der Waals surface area contributed by atoms with Crippen molar-refractivity contribution in [2.75, 3.05) is 11.9 Å². The maximum atomic E-state index is 12.3. The van der Waals surface area contributed by atoms with E-state index in [0.717, 1.165) is 12.0 Å². The van der Waals surface area contributed by atoms with Crippen molar-refractivity contribution in [3.8, 4) is 0 Å².